The Morgan fingerprint density at radius 2 is 2.11 bits per heavy atom. The quantitative estimate of drug-likeness (QED) is 0.840. The van der Waals surface area contributed by atoms with Gasteiger partial charge in [-0.15, -0.1) is 0 Å². The van der Waals surface area contributed by atoms with Crippen molar-refractivity contribution in [1.29, 1.82) is 0 Å². The molecular formula is C14H16FNO3. The molecule has 2 rings (SSSR count). The maximum Gasteiger partial charge on any atom is 0.416 e. The lowest BCUT2D eigenvalue weighted by molar-refractivity contribution is -0.129. The molecule has 4 nitrogen and oxygen atoms in total. The minimum Gasteiger partial charge on any atom is -0.447 e. The van der Waals surface area contributed by atoms with Gasteiger partial charge < -0.3 is 4.74 Å². The van der Waals surface area contributed by atoms with Gasteiger partial charge in [-0.2, -0.15) is 0 Å². The molecule has 1 aromatic rings. The fourth-order valence-corrected chi connectivity index (χ4v) is 2.20. The minimum atomic E-state index is -0.590. The number of carbonyl (C=O) groups excluding carboxylic acids is 2. The summed E-state index contributed by atoms with van der Waals surface area (Å²) < 4.78 is 17.7. The zero-order chi connectivity index (χ0) is 13.8. The highest BCUT2D eigenvalue weighted by atomic mass is 19.1. The van der Waals surface area contributed by atoms with Gasteiger partial charge in [0.1, 0.15) is 12.4 Å². The lowest BCUT2D eigenvalue weighted by Gasteiger charge is -2.20. The third kappa shape index (κ3) is 2.92. The van der Waals surface area contributed by atoms with Crippen LogP contribution in [-0.4, -0.2) is 30.1 Å². The van der Waals surface area contributed by atoms with E-state index in [1.165, 1.54) is 12.1 Å². The molecule has 0 N–H and O–H groups in total. The van der Waals surface area contributed by atoms with Gasteiger partial charge in [-0.25, -0.2) is 14.1 Å². The van der Waals surface area contributed by atoms with Crippen molar-refractivity contribution in [3.63, 3.8) is 0 Å². The molecular weight excluding hydrogens is 249 g/mol. The summed E-state index contributed by atoms with van der Waals surface area (Å²) in [5.74, 6) is -1.03. The Labute approximate surface area is 111 Å². The number of amides is 2. The first-order valence-corrected chi connectivity index (χ1v) is 6.37. The van der Waals surface area contributed by atoms with Crippen LogP contribution in [0.1, 0.15) is 31.2 Å². The molecule has 1 atom stereocenters. The number of cyclic esters (lactones) is 1. The molecule has 0 radical (unpaired) electrons. The molecule has 0 spiro atoms. The Bertz CT molecular complexity index is 472. The van der Waals surface area contributed by atoms with E-state index in [0.29, 0.717) is 13.0 Å². The monoisotopic (exact) mass is 265 g/mol. The Morgan fingerprint density at radius 3 is 2.63 bits per heavy atom. The van der Waals surface area contributed by atoms with Gasteiger partial charge >= 0.3 is 6.09 Å². The number of imide groups is 1. The highest BCUT2D eigenvalue weighted by Crippen LogP contribution is 2.25. The lowest BCUT2D eigenvalue weighted by Crippen LogP contribution is -2.35. The van der Waals surface area contributed by atoms with E-state index in [-0.39, 0.29) is 18.3 Å². The first-order chi connectivity index (χ1) is 9.13. The topological polar surface area (TPSA) is 46.6 Å². The number of hydrogen-bond acceptors (Lipinski definition) is 3. The van der Waals surface area contributed by atoms with Crippen molar-refractivity contribution < 1.29 is 18.7 Å². The number of carbonyl (C=O) groups is 2. The molecule has 19 heavy (non-hydrogen) atoms. The smallest absolute Gasteiger partial charge is 0.416 e. The summed E-state index contributed by atoms with van der Waals surface area (Å²) in [5.41, 5.74) is 0.730. The zero-order valence-corrected chi connectivity index (χ0v) is 10.8. The van der Waals surface area contributed by atoms with Gasteiger partial charge in [-0.1, -0.05) is 25.5 Å². The fourth-order valence-electron chi connectivity index (χ4n) is 2.20. The van der Waals surface area contributed by atoms with Crippen LogP contribution in [0.15, 0.2) is 24.3 Å². The van der Waals surface area contributed by atoms with Gasteiger partial charge in [-0.05, 0) is 24.1 Å². The molecule has 2 amide bonds. The summed E-state index contributed by atoms with van der Waals surface area (Å²) >= 11 is 0. The van der Waals surface area contributed by atoms with E-state index in [0.717, 1.165) is 16.9 Å². The molecule has 0 bridgehead atoms. The molecule has 1 fully saturated rings. The Kier molecular flexibility index (Phi) is 4.14. The molecule has 1 aliphatic heterocycles. The second-order valence-corrected chi connectivity index (χ2v) is 4.50. The summed E-state index contributed by atoms with van der Waals surface area (Å²) in [4.78, 5) is 24.9. The van der Waals surface area contributed by atoms with Crippen molar-refractivity contribution in [2.75, 3.05) is 13.2 Å². The molecule has 102 valence electrons. The van der Waals surface area contributed by atoms with Crippen LogP contribution in [0.4, 0.5) is 9.18 Å². The molecule has 1 aliphatic rings. The molecule has 1 unspecified atom stereocenters. The standard InChI is InChI=1S/C14H16FNO3/c1-2-3-12(10-4-6-11(15)7-5-10)13(17)16-8-9-19-14(16)18/h4-7,12H,2-3,8-9H2,1H3. The maximum atomic E-state index is 12.9. The average molecular weight is 265 g/mol. The van der Waals surface area contributed by atoms with Crippen LogP contribution in [0, 0.1) is 5.82 Å². The maximum absolute atomic E-state index is 12.9. The molecule has 1 saturated heterocycles. The van der Waals surface area contributed by atoms with E-state index in [4.69, 9.17) is 4.74 Å². The highest BCUT2D eigenvalue weighted by molar-refractivity contribution is 5.96. The molecule has 0 aromatic heterocycles. The third-order valence-electron chi connectivity index (χ3n) is 3.17. The van der Waals surface area contributed by atoms with Crippen LogP contribution in [0.25, 0.3) is 0 Å². The van der Waals surface area contributed by atoms with Gasteiger partial charge in [0.15, 0.2) is 0 Å². The average Bonchev–Trinajstić information content (AvgIpc) is 2.83. The van der Waals surface area contributed by atoms with Crippen LogP contribution in [0.2, 0.25) is 0 Å². The van der Waals surface area contributed by atoms with Crippen molar-refractivity contribution in [2.45, 2.75) is 25.7 Å². The molecule has 1 heterocycles. The van der Waals surface area contributed by atoms with E-state index in [1.807, 2.05) is 6.92 Å². The number of halogens is 1. The SMILES string of the molecule is CCCC(C(=O)N1CCOC1=O)c1ccc(F)cc1. The van der Waals surface area contributed by atoms with Crippen LogP contribution in [0.3, 0.4) is 0 Å². The molecule has 1 aromatic carbocycles. The molecule has 5 heteroatoms. The summed E-state index contributed by atoms with van der Waals surface area (Å²) in [6.45, 7) is 2.50. The van der Waals surface area contributed by atoms with Gasteiger partial charge in [-0.3, -0.25) is 4.79 Å². The second kappa shape index (κ2) is 5.82. The van der Waals surface area contributed by atoms with E-state index >= 15 is 0 Å². The first-order valence-electron chi connectivity index (χ1n) is 6.37. The van der Waals surface area contributed by atoms with Gasteiger partial charge in [0.05, 0.1) is 12.5 Å². The summed E-state index contributed by atoms with van der Waals surface area (Å²) in [6, 6.07) is 5.84. The second-order valence-electron chi connectivity index (χ2n) is 4.50. The number of hydrogen-bond donors (Lipinski definition) is 0. The van der Waals surface area contributed by atoms with Crippen molar-refractivity contribution in [3.05, 3.63) is 35.6 Å². The largest absolute Gasteiger partial charge is 0.447 e. The minimum absolute atomic E-state index is 0.243. The Balaban J connectivity index is 2.21. The van der Waals surface area contributed by atoms with Crippen LogP contribution < -0.4 is 0 Å². The summed E-state index contributed by atoms with van der Waals surface area (Å²) in [6.07, 6.45) is 0.832. The van der Waals surface area contributed by atoms with E-state index < -0.39 is 12.0 Å². The summed E-state index contributed by atoms with van der Waals surface area (Å²) in [7, 11) is 0. The van der Waals surface area contributed by atoms with Gasteiger partial charge in [0.2, 0.25) is 5.91 Å². The van der Waals surface area contributed by atoms with Crippen LogP contribution in [-0.2, 0) is 9.53 Å². The zero-order valence-electron chi connectivity index (χ0n) is 10.8. The Hall–Kier alpha value is -1.91. The number of rotatable bonds is 4. The lowest BCUT2D eigenvalue weighted by atomic mass is 9.93. The van der Waals surface area contributed by atoms with Crippen molar-refractivity contribution in [3.8, 4) is 0 Å². The summed E-state index contributed by atoms with van der Waals surface area (Å²) in [5, 5.41) is 0. The van der Waals surface area contributed by atoms with E-state index in [2.05, 4.69) is 0 Å². The van der Waals surface area contributed by atoms with Crippen molar-refractivity contribution in [2.24, 2.45) is 0 Å². The van der Waals surface area contributed by atoms with Crippen molar-refractivity contribution in [1.82, 2.24) is 4.90 Å². The predicted octanol–water partition coefficient (Wildman–Crippen LogP) is 2.69. The predicted molar refractivity (Wildman–Crippen MR) is 67.1 cm³/mol. The van der Waals surface area contributed by atoms with E-state index in [1.54, 1.807) is 12.1 Å². The Morgan fingerprint density at radius 1 is 1.42 bits per heavy atom. The fraction of sp³-hybridized carbons (Fsp3) is 0.429. The number of ether oxygens (including phenoxy) is 1. The molecule has 0 saturated carbocycles. The van der Waals surface area contributed by atoms with E-state index in [9.17, 15) is 14.0 Å². The van der Waals surface area contributed by atoms with Gasteiger partial charge in [0, 0.05) is 0 Å². The normalized spacial score (nSPS) is 16.3. The number of benzene rings is 1. The van der Waals surface area contributed by atoms with Gasteiger partial charge in [0.25, 0.3) is 0 Å². The van der Waals surface area contributed by atoms with Crippen molar-refractivity contribution >= 4 is 12.0 Å². The first kappa shape index (κ1) is 13.5. The number of nitrogens with zero attached hydrogens (tertiary/aromatic N) is 1. The third-order valence-corrected chi connectivity index (χ3v) is 3.17. The highest BCUT2D eigenvalue weighted by Gasteiger charge is 2.33. The van der Waals surface area contributed by atoms with Crippen LogP contribution >= 0.6 is 0 Å². The van der Waals surface area contributed by atoms with Crippen LogP contribution in [0.5, 0.6) is 0 Å². The molecule has 0 aliphatic carbocycles.